The van der Waals surface area contributed by atoms with Crippen LogP contribution < -0.4 is 0 Å². The Balaban J connectivity index is 1.20. The molecular weight excluding hydrogens is 360 g/mol. The number of rotatable bonds is 6. The zero-order valence-electron chi connectivity index (χ0n) is 17.2. The molecule has 2 aliphatic rings. The lowest BCUT2D eigenvalue weighted by Gasteiger charge is -2.33. The molecule has 0 spiro atoms. The van der Waals surface area contributed by atoms with Crippen LogP contribution in [0.15, 0.2) is 36.7 Å². The number of para-hydroxylation sites is 1. The van der Waals surface area contributed by atoms with Crippen LogP contribution in [-0.2, 0) is 17.8 Å². The van der Waals surface area contributed by atoms with Crippen LogP contribution in [-0.4, -0.2) is 38.4 Å². The lowest BCUT2D eigenvalue weighted by molar-refractivity contribution is -0.133. The van der Waals surface area contributed by atoms with Crippen molar-refractivity contribution in [1.82, 2.24) is 19.4 Å². The molecule has 1 saturated heterocycles. The standard InChI is InChI=1S/C24H30N4O/c1-17-13-26-24(19-8-9-19)28(17)16-18-5-4-12-27(15-18)23(29)11-10-20-14-25-22-7-3-2-6-21(20)22/h2-3,6-7,13-14,18-19,25H,4-5,8-12,15-16H2,1H3. The largest absolute Gasteiger partial charge is 0.361 e. The number of hydrogen-bond donors (Lipinski definition) is 1. The summed E-state index contributed by atoms with van der Waals surface area (Å²) in [5.74, 6) is 2.77. The van der Waals surface area contributed by atoms with Crippen molar-refractivity contribution in [2.45, 2.75) is 57.9 Å². The van der Waals surface area contributed by atoms with Crippen LogP contribution in [0.1, 0.15) is 55.1 Å². The minimum atomic E-state index is 0.296. The topological polar surface area (TPSA) is 53.9 Å². The summed E-state index contributed by atoms with van der Waals surface area (Å²) in [5.41, 5.74) is 3.65. The fraction of sp³-hybridized carbons (Fsp3) is 0.500. The van der Waals surface area contributed by atoms with Crippen LogP contribution in [0.4, 0.5) is 0 Å². The van der Waals surface area contributed by atoms with Crippen molar-refractivity contribution < 1.29 is 4.79 Å². The second-order valence-electron chi connectivity index (χ2n) is 8.85. The molecule has 1 atom stereocenters. The van der Waals surface area contributed by atoms with Crippen LogP contribution in [0, 0.1) is 12.8 Å². The number of nitrogens with one attached hydrogen (secondary N) is 1. The molecule has 1 aliphatic heterocycles. The number of imidazole rings is 1. The highest BCUT2D eigenvalue weighted by molar-refractivity contribution is 5.84. The molecule has 29 heavy (non-hydrogen) atoms. The predicted molar refractivity (Wildman–Crippen MR) is 115 cm³/mol. The van der Waals surface area contributed by atoms with Gasteiger partial charge in [-0.05, 0) is 56.6 Å². The summed E-state index contributed by atoms with van der Waals surface area (Å²) in [4.78, 5) is 23.0. The number of carbonyl (C=O) groups is 1. The van der Waals surface area contributed by atoms with E-state index in [1.807, 2.05) is 12.3 Å². The number of aryl methyl sites for hydroxylation is 2. The van der Waals surface area contributed by atoms with Crippen LogP contribution in [0.5, 0.6) is 0 Å². The normalized spacial score (nSPS) is 19.8. The van der Waals surface area contributed by atoms with Gasteiger partial charge in [-0.15, -0.1) is 0 Å². The Morgan fingerprint density at radius 1 is 1.24 bits per heavy atom. The van der Waals surface area contributed by atoms with Gasteiger partial charge in [0.2, 0.25) is 5.91 Å². The Morgan fingerprint density at radius 3 is 2.97 bits per heavy atom. The first-order valence-corrected chi connectivity index (χ1v) is 11.0. The number of carbonyl (C=O) groups excluding carboxylic acids is 1. The van der Waals surface area contributed by atoms with Gasteiger partial charge in [0, 0.05) is 61.0 Å². The van der Waals surface area contributed by atoms with E-state index in [0.717, 1.165) is 38.0 Å². The molecule has 0 radical (unpaired) electrons. The first-order chi connectivity index (χ1) is 14.2. The summed E-state index contributed by atoms with van der Waals surface area (Å²) < 4.78 is 2.42. The number of aromatic amines is 1. The Morgan fingerprint density at radius 2 is 2.10 bits per heavy atom. The van der Waals surface area contributed by atoms with Crippen molar-refractivity contribution >= 4 is 16.8 Å². The molecule has 2 aromatic heterocycles. The lowest BCUT2D eigenvalue weighted by atomic mass is 9.97. The van der Waals surface area contributed by atoms with E-state index in [0.29, 0.717) is 24.2 Å². The van der Waals surface area contributed by atoms with Gasteiger partial charge in [0.15, 0.2) is 0 Å². The van der Waals surface area contributed by atoms with Gasteiger partial charge in [0.1, 0.15) is 5.82 Å². The molecule has 5 rings (SSSR count). The fourth-order valence-electron chi connectivity index (χ4n) is 4.82. The summed E-state index contributed by atoms with van der Waals surface area (Å²) >= 11 is 0. The molecule has 1 N–H and O–H groups in total. The second kappa shape index (κ2) is 7.69. The number of benzene rings is 1. The third kappa shape index (κ3) is 3.83. The SMILES string of the molecule is Cc1cnc(C2CC2)n1CC1CCCN(C(=O)CCc2c[nH]c3ccccc23)C1. The number of piperidine rings is 1. The van der Waals surface area contributed by atoms with E-state index < -0.39 is 0 Å². The first-order valence-electron chi connectivity index (χ1n) is 11.0. The van der Waals surface area contributed by atoms with Gasteiger partial charge < -0.3 is 14.5 Å². The molecule has 1 aromatic carbocycles. The maximum atomic E-state index is 12.9. The number of fused-ring (bicyclic) bond motifs is 1. The highest BCUT2D eigenvalue weighted by atomic mass is 16.2. The number of amides is 1. The molecule has 1 amide bonds. The van der Waals surface area contributed by atoms with Crippen LogP contribution >= 0.6 is 0 Å². The van der Waals surface area contributed by atoms with Crippen molar-refractivity contribution in [3.05, 3.63) is 53.7 Å². The zero-order chi connectivity index (χ0) is 19.8. The zero-order valence-corrected chi connectivity index (χ0v) is 17.2. The predicted octanol–water partition coefficient (Wildman–Crippen LogP) is 4.42. The number of hydrogen-bond acceptors (Lipinski definition) is 2. The Labute approximate surface area is 172 Å². The Hall–Kier alpha value is -2.56. The van der Waals surface area contributed by atoms with E-state index in [2.05, 4.69) is 50.8 Å². The van der Waals surface area contributed by atoms with Gasteiger partial charge in [-0.3, -0.25) is 4.79 Å². The fourth-order valence-corrected chi connectivity index (χ4v) is 4.82. The molecule has 3 heterocycles. The summed E-state index contributed by atoms with van der Waals surface area (Å²) in [6.07, 6.45) is 10.3. The third-order valence-corrected chi connectivity index (χ3v) is 6.62. The Bertz CT molecular complexity index is 1010. The van der Waals surface area contributed by atoms with E-state index in [1.165, 1.54) is 41.7 Å². The smallest absolute Gasteiger partial charge is 0.222 e. The van der Waals surface area contributed by atoms with E-state index in [9.17, 15) is 4.79 Å². The maximum absolute atomic E-state index is 12.9. The van der Waals surface area contributed by atoms with Crippen molar-refractivity contribution in [2.75, 3.05) is 13.1 Å². The maximum Gasteiger partial charge on any atom is 0.222 e. The van der Waals surface area contributed by atoms with Gasteiger partial charge in [0.25, 0.3) is 0 Å². The highest BCUT2D eigenvalue weighted by Gasteiger charge is 2.30. The molecule has 0 bridgehead atoms. The van der Waals surface area contributed by atoms with Crippen molar-refractivity contribution in [2.24, 2.45) is 5.92 Å². The van der Waals surface area contributed by atoms with Crippen molar-refractivity contribution in [1.29, 1.82) is 0 Å². The van der Waals surface area contributed by atoms with Gasteiger partial charge >= 0.3 is 0 Å². The average Bonchev–Trinajstić information content (AvgIpc) is 3.41. The third-order valence-electron chi connectivity index (χ3n) is 6.62. The molecule has 5 heteroatoms. The number of aromatic nitrogens is 3. The quantitative estimate of drug-likeness (QED) is 0.677. The molecule has 3 aromatic rings. The van der Waals surface area contributed by atoms with E-state index in [4.69, 9.17) is 0 Å². The monoisotopic (exact) mass is 390 g/mol. The van der Waals surface area contributed by atoms with Crippen molar-refractivity contribution in [3.8, 4) is 0 Å². The minimum absolute atomic E-state index is 0.296. The molecule has 1 saturated carbocycles. The molecule has 152 valence electrons. The summed E-state index contributed by atoms with van der Waals surface area (Å²) in [5, 5.41) is 1.24. The molecule has 1 unspecified atom stereocenters. The molecule has 1 aliphatic carbocycles. The van der Waals surface area contributed by atoms with Crippen LogP contribution in [0.3, 0.4) is 0 Å². The number of nitrogens with zero attached hydrogens (tertiary/aromatic N) is 3. The summed E-state index contributed by atoms with van der Waals surface area (Å²) in [6, 6.07) is 8.32. The first kappa shape index (κ1) is 18.5. The van der Waals surface area contributed by atoms with Gasteiger partial charge in [-0.2, -0.15) is 0 Å². The average molecular weight is 391 g/mol. The number of likely N-dealkylation sites (tertiary alicyclic amines) is 1. The highest BCUT2D eigenvalue weighted by Crippen LogP contribution is 2.40. The lowest BCUT2D eigenvalue weighted by Crippen LogP contribution is -2.41. The second-order valence-corrected chi connectivity index (χ2v) is 8.85. The van der Waals surface area contributed by atoms with Crippen LogP contribution in [0.2, 0.25) is 0 Å². The van der Waals surface area contributed by atoms with E-state index >= 15 is 0 Å². The molecular formula is C24H30N4O. The number of H-pyrrole nitrogens is 1. The van der Waals surface area contributed by atoms with Gasteiger partial charge in [-0.1, -0.05) is 18.2 Å². The van der Waals surface area contributed by atoms with Crippen LogP contribution in [0.25, 0.3) is 10.9 Å². The van der Waals surface area contributed by atoms with Gasteiger partial charge in [-0.25, -0.2) is 4.98 Å². The van der Waals surface area contributed by atoms with E-state index in [1.54, 1.807) is 0 Å². The Kier molecular flexibility index (Phi) is 4.90. The molecule has 2 fully saturated rings. The minimum Gasteiger partial charge on any atom is -0.361 e. The van der Waals surface area contributed by atoms with Gasteiger partial charge in [0.05, 0.1) is 0 Å². The van der Waals surface area contributed by atoms with E-state index in [-0.39, 0.29) is 0 Å². The summed E-state index contributed by atoms with van der Waals surface area (Å²) in [6.45, 7) is 4.95. The summed E-state index contributed by atoms with van der Waals surface area (Å²) in [7, 11) is 0. The molecule has 5 nitrogen and oxygen atoms in total. The van der Waals surface area contributed by atoms with Crippen molar-refractivity contribution in [3.63, 3.8) is 0 Å².